The number of benzene rings is 2. The minimum absolute atomic E-state index is 0.274. The fourth-order valence-corrected chi connectivity index (χ4v) is 2.18. The maximum Gasteiger partial charge on any atom is 0.255 e. The highest BCUT2D eigenvalue weighted by molar-refractivity contribution is 9.10. The second kappa shape index (κ2) is 6.08. The summed E-state index contributed by atoms with van der Waals surface area (Å²) in [5.74, 6) is -0.274. The Balaban J connectivity index is 2.28. The second-order valence-electron chi connectivity index (χ2n) is 4.22. The number of nitriles is 1. The van der Waals surface area contributed by atoms with Gasteiger partial charge in [0, 0.05) is 15.1 Å². The summed E-state index contributed by atoms with van der Waals surface area (Å²) in [5.41, 5.74) is 2.21. The summed E-state index contributed by atoms with van der Waals surface area (Å²) < 4.78 is 0.786. The van der Waals surface area contributed by atoms with Crippen molar-refractivity contribution in [1.82, 2.24) is 0 Å². The van der Waals surface area contributed by atoms with Gasteiger partial charge in [0.2, 0.25) is 0 Å². The molecule has 3 nitrogen and oxygen atoms in total. The van der Waals surface area contributed by atoms with Crippen molar-refractivity contribution in [2.45, 2.75) is 6.92 Å². The first-order valence-electron chi connectivity index (χ1n) is 5.78. The lowest BCUT2D eigenvalue weighted by Crippen LogP contribution is -2.13. The van der Waals surface area contributed by atoms with Crippen LogP contribution in [0.2, 0.25) is 5.02 Å². The molecule has 2 aromatic carbocycles. The molecular formula is C15H10BrClN2O. The Labute approximate surface area is 130 Å². The standard InChI is InChI=1S/C15H10BrClN2O/c1-9-6-10(2-4-13(9)17)15(20)19-14-5-3-12(16)7-11(14)8-18/h2-7H,1H3,(H,19,20). The van der Waals surface area contributed by atoms with Crippen LogP contribution in [0.15, 0.2) is 40.9 Å². The van der Waals surface area contributed by atoms with Gasteiger partial charge in [0.15, 0.2) is 0 Å². The first-order valence-corrected chi connectivity index (χ1v) is 6.95. The molecule has 0 saturated carbocycles. The fourth-order valence-electron chi connectivity index (χ4n) is 1.70. The molecule has 0 atom stereocenters. The van der Waals surface area contributed by atoms with Crippen LogP contribution in [-0.2, 0) is 0 Å². The largest absolute Gasteiger partial charge is 0.321 e. The van der Waals surface area contributed by atoms with Gasteiger partial charge in [0.1, 0.15) is 6.07 Å². The van der Waals surface area contributed by atoms with E-state index in [1.54, 1.807) is 36.4 Å². The van der Waals surface area contributed by atoms with Crippen molar-refractivity contribution >= 4 is 39.1 Å². The molecule has 0 aliphatic heterocycles. The van der Waals surface area contributed by atoms with Crippen LogP contribution in [0.5, 0.6) is 0 Å². The molecule has 0 heterocycles. The molecule has 0 aromatic heterocycles. The van der Waals surface area contributed by atoms with Crippen LogP contribution in [0.3, 0.4) is 0 Å². The van der Waals surface area contributed by atoms with Crippen molar-refractivity contribution in [1.29, 1.82) is 5.26 Å². The van der Waals surface area contributed by atoms with E-state index in [0.29, 0.717) is 21.8 Å². The quantitative estimate of drug-likeness (QED) is 0.865. The number of carbonyl (C=O) groups excluding carboxylic acids is 1. The van der Waals surface area contributed by atoms with Crippen LogP contribution in [-0.4, -0.2) is 5.91 Å². The molecule has 1 amide bonds. The van der Waals surface area contributed by atoms with Crippen LogP contribution in [0, 0.1) is 18.3 Å². The van der Waals surface area contributed by atoms with Gasteiger partial charge in [0.25, 0.3) is 5.91 Å². The zero-order chi connectivity index (χ0) is 14.7. The topological polar surface area (TPSA) is 52.9 Å². The van der Waals surface area contributed by atoms with Crippen molar-refractivity contribution in [3.63, 3.8) is 0 Å². The number of aryl methyl sites for hydroxylation is 1. The van der Waals surface area contributed by atoms with Crippen LogP contribution < -0.4 is 5.32 Å². The summed E-state index contributed by atoms with van der Waals surface area (Å²) in [4.78, 5) is 12.2. The minimum Gasteiger partial charge on any atom is -0.321 e. The van der Waals surface area contributed by atoms with Gasteiger partial charge in [-0.3, -0.25) is 4.79 Å². The molecule has 0 fully saturated rings. The first-order chi connectivity index (χ1) is 9.51. The Morgan fingerprint density at radius 1 is 1.30 bits per heavy atom. The summed E-state index contributed by atoms with van der Waals surface area (Å²) in [5, 5.41) is 12.4. The van der Waals surface area contributed by atoms with Crippen molar-refractivity contribution < 1.29 is 4.79 Å². The normalized spacial score (nSPS) is 9.90. The lowest BCUT2D eigenvalue weighted by atomic mass is 10.1. The summed E-state index contributed by atoms with van der Waals surface area (Å²) in [6.07, 6.45) is 0. The van der Waals surface area contributed by atoms with E-state index in [4.69, 9.17) is 16.9 Å². The minimum atomic E-state index is -0.274. The van der Waals surface area contributed by atoms with E-state index in [1.165, 1.54) is 0 Å². The smallest absolute Gasteiger partial charge is 0.255 e. The molecule has 0 aliphatic carbocycles. The molecule has 1 N–H and O–H groups in total. The number of nitrogens with zero attached hydrogens (tertiary/aromatic N) is 1. The molecule has 5 heteroatoms. The Hall–Kier alpha value is -1.83. The average Bonchev–Trinajstić information content (AvgIpc) is 2.43. The molecule has 0 unspecified atom stereocenters. The van der Waals surface area contributed by atoms with Crippen LogP contribution >= 0.6 is 27.5 Å². The molecule has 20 heavy (non-hydrogen) atoms. The molecular weight excluding hydrogens is 340 g/mol. The van der Waals surface area contributed by atoms with E-state index in [0.717, 1.165) is 10.0 Å². The van der Waals surface area contributed by atoms with Gasteiger partial charge in [-0.05, 0) is 48.9 Å². The van der Waals surface area contributed by atoms with Gasteiger partial charge in [-0.2, -0.15) is 5.26 Å². The zero-order valence-corrected chi connectivity index (χ0v) is 12.9. The van der Waals surface area contributed by atoms with Gasteiger partial charge >= 0.3 is 0 Å². The Kier molecular flexibility index (Phi) is 4.43. The fraction of sp³-hybridized carbons (Fsp3) is 0.0667. The zero-order valence-electron chi connectivity index (χ0n) is 10.6. The van der Waals surface area contributed by atoms with Crippen molar-refractivity contribution in [3.8, 4) is 6.07 Å². The van der Waals surface area contributed by atoms with E-state index < -0.39 is 0 Å². The summed E-state index contributed by atoms with van der Waals surface area (Å²) >= 11 is 9.22. The third-order valence-corrected chi connectivity index (χ3v) is 3.69. The molecule has 100 valence electrons. The molecule has 0 saturated heterocycles. The van der Waals surface area contributed by atoms with E-state index in [-0.39, 0.29) is 5.91 Å². The Bertz CT molecular complexity index is 722. The third kappa shape index (κ3) is 3.19. The van der Waals surface area contributed by atoms with Gasteiger partial charge in [-0.15, -0.1) is 0 Å². The van der Waals surface area contributed by atoms with Gasteiger partial charge in [-0.25, -0.2) is 0 Å². The number of carbonyl (C=O) groups is 1. The molecule has 2 aromatic rings. The number of anilines is 1. The Morgan fingerprint density at radius 2 is 2.05 bits per heavy atom. The van der Waals surface area contributed by atoms with Crippen molar-refractivity contribution in [2.24, 2.45) is 0 Å². The lowest BCUT2D eigenvalue weighted by Gasteiger charge is -2.08. The summed E-state index contributed by atoms with van der Waals surface area (Å²) in [6, 6.07) is 12.2. The van der Waals surface area contributed by atoms with E-state index in [2.05, 4.69) is 21.2 Å². The van der Waals surface area contributed by atoms with Crippen LogP contribution in [0.25, 0.3) is 0 Å². The molecule has 0 spiro atoms. The molecule has 0 radical (unpaired) electrons. The number of rotatable bonds is 2. The highest BCUT2D eigenvalue weighted by Gasteiger charge is 2.10. The number of hydrogen-bond donors (Lipinski definition) is 1. The third-order valence-electron chi connectivity index (χ3n) is 2.77. The van der Waals surface area contributed by atoms with Crippen LogP contribution in [0.4, 0.5) is 5.69 Å². The number of halogens is 2. The summed E-state index contributed by atoms with van der Waals surface area (Å²) in [6.45, 7) is 1.83. The number of hydrogen-bond acceptors (Lipinski definition) is 2. The predicted octanol–water partition coefficient (Wildman–Crippen LogP) is 4.53. The van der Waals surface area contributed by atoms with Crippen LogP contribution in [0.1, 0.15) is 21.5 Å². The summed E-state index contributed by atoms with van der Waals surface area (Å²) in [7, 11) is 0. The lowest BCUT2D eigenvalue weighted by molar-refractivity contribution is 0.102. The predicted molar refractivity (Wildman–Crippen MR) is 83.0 cm³/mol. The highest BCUT2D eigenvalue weighted by Crippen LogP contribution is 2.22. The SMILES string of the molecule is Cc1cc(C(=O)Nc2ccc(Br)cc2C#N)ccc1Cl. The van der Waals surface area contributed by atoms with Gasteiger partial charge < -0.3 is 5.32 Å². The van der Waals surface area contributed by atoms with Gasteiger partial charge in [0.05, 0.1) is 11.3 Å². The number of nitrogens with one attached hydrogen (secondary N) is 1. The molecule has 0 aliphatic rings. The second-order valence-corrected chi connectivity index (χ2v) is 5.54. The van der Waals surface area contributed by atoms with E-state index in [9.17, 15) is 4.79 Å². The van der Waals surface area contributed by atoms with E-state index in [1.807, 2.05) is 13.0 Å². The highest BCUT2D eigenvalue weighted by atomic mass is 79.9. The van der Waals surface area contributed by atoms with Gasteiger partial charge in [-0.1, -0.05) is 27.5 Å². The monoisotopic (exact) mass is 348 g/mol. The van der Waals surface area contributed by atoms with Crippen molar-refractivity contribution in [2.75, 3.05) is 5.32 Å². The first kappa shape index (κ1) is 14.6. The molecule has 0 bridgehead atoms. The van der Waals surface area contributed by atoms with E-state index >= 15 is 0 Å². The Morgan fingerprint density at radius 3 is 2.70 bits per heavy atom. The van der Waals surface area contributed by atoms with Crippen molar-refractivity contribution in [3.05, 3.63) is 62.6 Å². The number of amides is 1. The maximum atomic E-state index is 12.2. The molecule has 2 rings (SSSR count). The average molecular weight is 350 g/mol. The maximum absolute atomic E-state index is 12.2.